The molecule has 0 bridgehead atoms. The van der Waals surface area contributed by atoms with Gasteiger partial charge in [0.05, 0.1) is 19.1 Å². The molecular formula is C13H17ClN2O2. The predicted octanol–water partition coefficient (Wildman–Crippen LogP) is 0.987. The Morgan fingerprint density at radius 1 is 1.56 bits per heavy atom. The molecule has 1 aromatic carbocycles. The van der Waals surface area contributed by atoms with Crippen LogP contribution in [-0.4, -0.2) is 38.3 Å². The van der Waals surface area contributed by atoms with Gasteiger partial charge in [0.25, 0.3) is 0 Å². The number of rotatable bonds is 4. The Morgan fingerprint density at radius 2 is 2.44 bits per heavy atom. The molecule has 0 radical (unpaired) electrons. The van der Waals surface area contributed by atoms with E-state index in [9.17, 15) is 4.79 Å². The van der Waals surface area contributed by atoms with E-state index in [-0.39, 0.29) is 12.0 Å². The summed E-state index contributed by atoms with van der Waals surface area (Å²) >= 11 is 5.87. The van der Waals surface area contributed by atoms with Crippen LogP contribution in [-0.2, 0) is 16.0 Å². The van der Waals surface area contributed by atoms with Gasteiger partial charge >= 0.3 is 0 Å². The minimum Gasteiger partial charge on any atom is -0.374 e. The van der Waals surface area contributed by atoms with E-state index < -0.39 is 0 Å². The number of nitrogens with one attached hydrogen (secondary N) is 2. The van der Waals surface area contributed by atoms with Crippen LogP contribution < -0.4 is 10.6 Å². The Balaban J connectivity index is 1.74. The van der Waals surface area contributed by atoms with E-state index in [1.165, 1.54) is 0 Å². The minimum atomic E-state index is -0.00793. The molecule has 0 aromatic heterocycles. The summed E-state index contributed by atoms with van der Waals surface area (Å²) in [7, 11) is 0. The number of benzene rings is 1. The number of carbonyl (C=O) groups excluding carboxylic acids is 1. The first kappa shape index (κ1) is 13.3. The van der Waals surface area contributed by atoms with Crippen molar-refractivity contribution in [2.24, 2.45) is 0 Å². The summed E-state index contributed by atoms with van der Waals surface area (Å²) in [5, 5.41) is 6.75. The summed E-state index contributed by atoms with van der Waals surface area (Å²) < 4.78 is 5.50. The van der Waals surface area contributed by atoms with Gasteiger partial charge in [0.2, 0.25) is 5.91 Å². The normalized spacial score (nSPS) is 19.5. The van der Waals surface area contributed by atoms with Crippen LogP contribution in [0.2, 0.25) is 5.02 Å². The summed E-state index contributed by atoms with van der Waals surface area (Å²) in [6.07, 6.45) is 0.419. The van der Waals surface area contributed by atoms with Crippen LogP contribution in [0.1, 0.15) is 5.56 Å². The smallest absolute Gasteiger partial charge is 0.224 e. The zero-order valence-corrected chi connectivity index (χ0v) is 10.9. The number of ether oxygens (including phenoxy) is 1. The SMILES string of the molecule is O=C(Cc1cccc(Cl)c1)NCC1CNCCO1. The molecule has 1 unspecified atom stereocenters. The van der Waals surface area contributed by atoms with Crippen molar-refractivity contribution >= 4 is 17.5 Å². The lowest BCUT2D eigenvalue weighted by Gasteiger charge is -2.23. The van der Waals surface area contributed by atoms with E-state index in [1.54, 1.807) is 12.1 Å². The molecule has 0 spiro atoms. The monoisotopic (exact) mass is 268 g/mol. The average molecular weight is 269 g/mol. The fourth-order valence-corrected chi connectivity index (χ4v) is 2.09. The molecule has 0 saturated carbocycles. The van der Waals surface area contributed by atoms with Gasteiger partial charge in [0.1, 0.15) is 0 Å². The summed E-state index contributed by atoms with van der Waals surface area (Å²) in [4.78, 5) is 11.7. The Kier molecular flexibility index (Phi) is 4.99. The number of hydrogen-bond acceptors (Lipinski definition) is 3. The molecule has 1 heterocycles. The van der Waals surface area contributed by atoms with Crippen LogP contribution in [0.4, 0.5) is 0 Å². The second kappa shape index (κ2) is 6.73. The van der Waals surface area contributed by atoms with Crippen molar-refractivity contribution in [3.8, 4) is 0 Å². The summed E-state index contributed by atoms with van der Waals surface area (Å²) in [5.74, 6) is -0.00793. The van der Waals surface area contributed by atoms with Crippen LogP contribution in [0.25, 0.3) is 0 Å². The third-order valence-electron chi connectivity index (χ3n) is 2.79. The van der Waals surface area contributed by atoms with Crippen molar-refractivity contribution in [2.45, 2.75) is 12.5 Å². The van der Waals surface area contributed by atoms with Crippen LogP contribution in [0.15, 0.2) is 24.3 Å². The molecule has 0 aliphatic carbocycles. The lowest BCUT2D eigenvalue weighted by molar-refractivity contribution is -0.121. The lowest BCUT2D eigenvalue weighted by atomic mass is 10.1. The average Bonchev–Trinajstić information content (AvgIpc) is 2.38. The van der Waals surface area contributed by atoms with Gasteiger partial charge in [0.15, 0.2) is 0 Å². The van der Waals surface area contributed by atoms with Gasteiger partial charge in [-0.15, -0.1) is 0 Å². The van der Waals surface area contributed by atoms with Crippen LogP contribution in [0.5, 0.6) is 0 Å². The second-order valence-corrected chi connectivity index (χ2v) is 4.74. The van der Waals surface area contributed by atoms with Gasteiger partial charge in [-0.1, -0.05) is 23.7 Å². The molecule has 1 atom stereocenters. The number of morpholine rings is 1. The standard InChI is InChI=1S/C13H17ClN2O2/c14-11-3-1-2-10(6-11)7-13(17)16-9-12-8-15-4-5-18-12/h1-3,6,12,15H,4-5,7-9H2,(H,16,17). The van der Waals surface area contributed by atoms with Gasteiger partial charge in [-0.25, -0.2) is 0 Å². The van der Waals surface area contributed by atoms with Crippen LogP contribution in [0, 0.1) is 0 Å². The van der Waals surface area contributed by atoms with Crippen molar-refractivity contribution in [2.75, 3.05) is 26.2 Å². The number of carbonyl (C=O) groups is 1. The Hall–Kier alpha value is -1.10. The minimum absolute atomic E-state index is 0.00793. The Labute approximate surface area is 112 Å². The first-order valence-electron chi connectivity index (χ1n) is 6.07. The Morgan fingerprint density at radius 3 is 3.17 bits per heavy atom. The quantitative estimate of drug-likeness (QED) is 0.856. The third kappa shape index (κ3) is 4.29. The Bertz CT molecular complexity index is 406. The van der Waals surface area contributed by atoms with E-state index in [4.69, 9.17) is 16.3 Å². The van der Waals surface area contributed by atoms with Crippen LogP contribution in [0.3, 0.4) is 0 Å². The lowest BCUT2D eigenvalue weighted by Crippen LogP contribution is -2.45. The topological polar surface area (TPSA) is 50.4 Å². The highest BCUT2D eigenvalue weighted by atomic mass is 35.5. The summed E-state index contributed by atoms with van der Waals surface area (Å²) in [6.45, 7) is 2.92. The molecule has 1 aromatic rings. The third-order valence-corrected chi connectivity index (χ3v) is 3.02. The molecule has 2 rings (SSSR count). The summed E-state index contributed by atoms with van der Waals surface area (Å²) in [5.41, 5.74) is 0.919. The molecule has 1 aliphatic heterocycles. The molecule has 1 aliphatic rings. The van der Waals surface area contributed by atoms with E-state index in [1.807, 2.05) is 12.1 Å². The molecule has 4 nitrogen and oxygen atoms in total. The first-order valence-corrected chi connectivity index (χ1v) is 6.45. The highest BCUT2D eigenvalue weighted by Gasteiger charge is 2.14. The zero-order chi connectivity index (χ0) is 12.8. The van der Waals surface area contributed by atoms with Gasteiger partial charge in [-0.3, -0.25) is 4.79 Å². The first-order chi connectivity index (χ1) is 8.74. The van der Waals surface area contributed by atoms with E-state index in [0.717, 1.165) is 18.7 Å². The molecular weight excluding hydrogens is 252 g/mol. The maximum Gasteiger partial charge on any atom is 0.224 e. The van der Waals surface area contributed by atoms with Gasteiger partial charge in [0, 0.05) is 24.7 Å². The van der Waals surface area contributed by atoms with E-state index in [2.05, 4.69) is 10.6 Å². The molecule has 1 saturated heterocycles. The van der Waals surface area contributed by atoms with Gasteiger partial charge in [-0.05, 0) is 17.7 Å². The van der Waals surface area contributed by atoms with Crippen molar-refractivity contribution in [1.82, 2.24) is 10.6 Å². The maximum absolute atomic E-state index is 11.7. The second-order valence-electron chi connectivity index (χ2n) is 4.31. The fraction of sp³-hybridized carbons (Fsp3) is 0.462. The fourth-order valence-electron chi connectivity index (χ4n) is 1.87. The molecule has 5 heteroatoms. The van der Waals surface area contributed by atoms with Gasteiger partial charge < -0.3 is 15.4 Å². The highest BCUT2D eigenvalue weighted by Crippen LogP contribution is 2.10. The molecule has 1 fully saturated rings. The van der Waals surface area contributed by atoms with Crippen molar-refractivity contribution in [1.29, 1.82) is 0 Å². The maximum atomic E-state index is 11.7. The van der Waals surface area contributed by atoms with E-state index >= 15 is 0 Å². The van der Waals surface area contributed by atoms with Gasteiger partial charge in [-0.2, -0.15) is 0 Å². The van der Waals surface area contributed by atoms with Crippen LogP contribution >= 0.6 is 11.6 Å². The molecule has 1 amide bonds. The number of halogens is 1. The highest BCUT2D eigenvalue weighted by molar-refractivity contribution is 6.30. The largest absolute Gasteiger partial charge is 0.374 e. The molecule has 98 valence electrons. The van der Waals surface area contributed by atoms with Crippen molar-refractivity contribution < 1.29 is 9.53 Å². The number of amides is 1. The van der Waals surface area contributed by atoms with E-state index in [0.29, 0.717) is 24.6 Å². The number of hydrogen-bond donors (Lipinski definition) is 2. The van der Waals surface area contributed by atoms with Crippen molar-refractivity contribution in [3.05, 3.63) is 34.9 Å². The summed E-state index contributed by atoms with van der Waals surface area (Å²) in [6, 6.07) is 7.34. The molecule has 18 heavy (non-hydrogen) atoms. The van der Waals surface area contributed by atoms with Crippen molar-refractivity contribution in [3.63, 3.8) is 0 Å². The predicted molar refractivity (Wildman–Crippen MR) is 70.8 cm³/mol. The molecule has 2 N–H and O–H groups in total. The zero-order valence-electron chi connectivity index (χ0n) is 10.1.